The van der Waals surface area contributed by atoms with Crippen LogP contribution in [0.25, 0.3) is 16.9 Å². The van der Waals surface area contributed by atoms with Crippen LogP contribution in [0, 0.1) is 0 Å². The number of rotatable bonds is 8. The van der Waals surface area contributed by atoms with Crippen molar-refractivity contribution in [2.45, 2.75) is 12.6 Å². The summed E-state index contributed by atoms with van der Waals surface area (Å²) in [4.78, 5) is 4.04. The molecule has 0 fully saturated rings. The molecule has 0 spiro atoms. The number of nitrogens with zero attached hydrogens (tertiary/aromatic N) is 4. The fourth-order valence-corrected chi connectivity index (χ4v) is 3.45. The number of pyridine rings is 1. The Morgan fingerprint density at radius 2 is 1.81 bits per heavy atom. The number of benzene rings is 1. The summed E-state index contributed by atoms with van der Waals surface area (Å²) in [5.74, 6) is 0.327. The van der Waals surface area contributed by atoms with Crippen molar-refractivity contribution in [2.24, 2.45) is 0 Å². The van der Waals surface area contributed by atoms with E-state index in [9.17, 15) is 21.6 Å². The molecule has 0 unspecified atom stereocenters. The molecule has 3 aromatic rings. The second-order valence-corrected chi connectivity index (χ2v) is 8.98. The van der Waals surface area contributed by atoms with Crippen LogP contribution >= 0.6 is 0 Å². The van der Waals surface area contributed by atoms with E-state index in [0.717, 1.165) is 15.9 Å². The Morgan fingerprint density at radius 1 is 1.12 bits per heavy atom. The van der Waals surface area contributed by atoms with Crippen LogP contribution in [0.15, 0.2) is 48.7 Å². The molecule has 0 saturated carbocycles. The molecular formula is C20H22F3N5O3S. The van der Waals surface area contributed by atoms with Crippen LogP contribution in [0.3, 0.4) is 0 Å². The number of aromatic nitrogens is 3. The first-order valence-corrected chi connectivity index (χ1v) is 10.9. The second-order valence-electron chi connectivity index (χ2n) is 7.01. The van der Waals surface area contributed by atoms with Gasteiger partial charge < -0.3 is 4.74 Å². The molecule has 1 N–H and O–H groups in total. The highest BCUT2D eigenvalue weighted by Gasteiger charge is 2.35. The summed E-state index contributed by atoms with van der Waals surface area (Å²) in [7, 11) is 0.768. The van der Waals surface area contributed by atoms with Gasteiger partial charge in [-0.15, -0.1) is 0 Å². The molecule has 0 atom stereocenters. The minimum absolute atomic E-state index is 0.188. The van der Waals surface area contributed by atoms with Crippen molar-refractivity contribution in [3.63, 3.8) is 0 Å². The van der Waals surface area contributed by atoms with Gasteiger partial charge in [0.2, 0.25) is 5.88 Å². The molecular weight excluding hydrogens is 447 g/mol. The number of hydrogen-bond donors (Lipinski definition) is 1. The molecule has 2 heterocycles. The van der Waals surface area contributed by atoms with E-state index >= 15 is 0 Å². The summed E-state index contributed by atoms with van der Waals surface area (Å²) in [6.07, 6.45) is -2.81. The van der Waals surface area contributed by atoms with Crippen LogP contribution in [0.4, 0.5) is 13.2 Å². The molecule has 0 amide bonds. The van der Waals surface area contributed by atoms with Gasteiger partial charge in [-0.3, -0.25) is 0 Å². The van der Waals surface area contributed by atoms with Crippen LogP contribution in [-0.4, -0.2) is 55.2 Å². The van der Waals surface area contributed by atoms with Crippen molar-refractivity contribution in [1.82, 2.24) is 23.8 Å². The summed E-state index contributed by atoms with van der Waals surface area (Å²) < 4.78 is 73.2. The third-order valence-corrected chi connectivity index (χ3v) is 6.13. The summed E-state index contributed by atoms with van der Waals surface area (Å²) in [5, 5.41) is 3.73. The van der Waals surface area contributed by atoms with Gasteiger partial charge in [0.1, 0.15) is 0 Å². The van der Waals surface area contributed by atoms with E-state index in [4.69, 9.17) is 4.74 Å². The summed E-state index contributed by atoms with van der Waals surface area (Å²) >= 11 is 0. The number of hydrogen-bond acceptors (Lipinski definition) is 5. The number of alkyl halides is 3. The summed E-state index contributed by atoms with van der Waals surface area (Å²) in [6, 6.07) is 10.9. The van der Waals surface area contributed by atoms with E-state index in [-0.39, 0.29) is 12.2 Å². The van der Waals surface area contributed by atoms with Gasteiger partial charge in [0.15, 0.2) is 5.69 Å². The maximum atomic E-state index is 13.3. The number of halogens is 3. The third-order valence-electron chi connectivity index (χ3n) is 4.60. The normalized spacial score (nSPS) is 12.3. The maximum absolute atomic E-state index is 13.3. The Morgan fingerprint density at radius 3 is 2.34 bits per heavy atom. The molecule has 12 heteroatoms. The number of nitrogens with one attached hydrogen (secondary N) is 1. The van der Waals surface area contributed by atoms with Gasteiger partial charge in [-0.2, -0.15) is 31.0 Å². The zero-order chi connectivity index (χ0) is 23.5. The molecule has 0 aliphatic heterocycles. The number of methoxy groups -OCH3 is 1. The first-order valence-electron chi connectivity index (χ1n) is 9.45. The van der Waals surface area contributed by atoms with Gasteiger partial charge in [-0.25, -0.2) is 14.4 Å². The maximum Gasteiger partial charge on any atom is 0.435 e. The van der Waals surface area contributed by atoms with E-state index in [1.807, 2.05) is 0 Å². The van der Waals surface area contributed by atoms with Gasteiger partial charge in [0.05, 0.1) is 24.7 Å². The van der Waals surface area contributed by atoms with Crippen LogP contribution in [-0.2, 0) is 22.8 Å². The van der Waals surface area contributed by atoms with Crippen molar-refractivity contribution in [3.05, 3.63) is 59.9 Å². The van der Waals surface area contributed by atoms with Crippen LogP contribution in [0.1, 0.15) is 11.3 Å². The van der Waals surface area contributed by atoms with E-state index in [0.29, 0.717) is 23.6 Å². The predicted molar refractivity (Wildman–Crippen MR) is 113 cm³/mol. The molecule has 0 radical (unpaired) electrons. The Kier molecular flexibility index (Phi) is 6.86. The zero-order valence-corrected chi connectivity index (χ0v) is 18.4. The number of ether oxygens (including phenoxy) is 1. The Labute approximate surface area is 183 Å². The molecule has 3 rings (SSSR count). The molecule has 8 nitrogen and oxygen atoms in total. The van der Waals surface area contributed by atoms with Gasteiger partial charge in [0.25, 0.3) is 10.2 Å². The SMILES string of the molecule is COc1ccc(-n2nc(C(F)(F)F)cc2-c2ccc(CCNS(=O)(=O)N(C)C)cc2)cn1. The standard InChI is InChI=1S/C20H22F3N5O3S/c1-27(2)32(29,30)25-11-10-14-4-6-15(7-5-14)17-12-18(20(21,22)23)26-28(17)16-8-9-19(31-3)24-13-16/h4-9,12-13,25H,10-11H2,1-3H3. The lowest BCUT2D eigenvalue weighted by molar-refractivity contribution is -0.141. The van der Waals surface area contributed by atoms with Crippen molar-refractivity contribution >= 4 is 10.2 Å². The van der Waals surface area contributed by atoms with E-state index in [1.165, 1.54) is 38.2 Å². The van der Waals surface area contributed by atoms with Gasteiger partial charge in [-0.05, 0) is 24.1 Å². The van der Waals surface area contributed by atoms with E-state index in [1.54, 1.807) is 30.3 Å². The predicted octanol–water partition coefficient (Wildman–Crippen LogP) is 2.90. The minimum atomic E-state index is -4.61. The largest absolute Gasteiger partial charge is 0.481 e. The highest BCUT2D eigenvalue weighted by molar-refractivity contribution is 7.87. The monoisotopic (exact) mass is 469 g/mol. The fraction of sp³-hybridized carbons (Fsp3) is 0.300. The van der Waals surface area contributed by atoms with Crippen molar-refractivity contribution < 1.29 is 26.3 Å². The minimum Gasteiger partial charge on any atom is -0.481 e. The molecule has 2 aromatic heterocycles. The van der Waals surface area contributed by atoms with Crippen molar-refractivity contribution in [3.8, 4) is 22.8 Å². The Bertz CT molecular complexity index is 1160. The molecule has 0 saturated heterocycles. The average molecular weight is 469 g/mol. The first-order chi connectivity index (χ1) is 15.0. The van der Waals surface area contributed by atoms with Crippen molar-refractivity contribution in [1.29, 1.82) is 0 Å². The summed E-state index contributed by atoms with van der Waals surface area (Å²) in [5.41, 5.74) is 0.901. The van der Waals surface area contributed by atoms with E-state index in [2.05, 4.69) is 14.8 Å². The van der Waals surface area contributed by atoms with Gasteiger partial charge in [0, 0.05) is 32.3 Å². The van der Waals surface area contributed by atoms with Crippen molar-refractivity contribution in [2.75, 3.05) is 27.7 Å². The quantitative estimate of drug-likeness (QED) is 0.548. The van der Waals surface area contributed by atoms with Gasteiger partial charge in [-0.1, -0.05) is 24.3 Å². The van der Waals surface area contributed by atoms with Crippen LogP contribution in [0.5, 0.6) is 5.88 Å². The summed E-state index contributed by atoms with van der Waals surface area (Å²) in [6.45, 7) is 0.188. The highest BCUT2D eigenvalue weighted by Crippen LogP contribution is 2.33. The lowest BCUT2D eigenvalue weighted by Gasteiger charge is -2.12. The molecule has 1 aromatic carbocycles. The molecule has 32 heavy (non-hydrogen) atoms. The topological polar surface area (TPSA) is 89.3 Å². The van der Waals surface area contributed by atoms with Gasteiger partial charge >= 0.3 is 6.18 Å². The van der Waals surface area contributed by atoms with E-state index < -0.39 is 22.1 Å². The zero-order valence-electron chi connectivity index (χ0n) is 17.6. The first kappa shape index (κ1) is 23.7. The molecule has 0 bridgehead atoms. The molecule has 172 valence electrons. The lowest BCUT2D eigenvalue weighted by atomic mass is 10.1. The van der Waals surface area contributed by atoms with Crippen LogP contribution in [0.2, 0.25) is 0 Å². The average Bonchev–Trinajstić information content (AvgIpc) is 3.20. The smallest absolute Gasteiger partial charge is 0.435 e. The Hall–Kier alpha value is -2.96. The fourth-order valence-electron chi connectivity index (χ4n) is 2.84. The second kappa shape index (κ2) is 9.27. The Balaban J connectivity index is 1.87. The highest BCUT2D eigenvalue weighted by atomic mass is 32.2. The lowest BCUT2D eigenvalue weighted by Crippen LogP contribution is -2.36. The van der Waals surface area contributed by atoms with Crippen LogP contribution < -0.4 is 9.46 Å². The third kappa shape index (κ3) is 5.44. The molecule has 0 aliphatic carbocycles. The molecule has 0 aliphatic rings.